The Hall–Kier alpha value is -3.32. The molecule has 5 rings (SSSR count). The summed E-state index contributed by atoms with van der Waals surface area (Å²) in [6, 6.07) is 18.0. The number of aromatic carboxylic acids is 1. The summed E-state index contributed by atoms with van der Waals surface area (Å²) in [6.07, 6.45) is 3.13. The SMILES string of the molecule is O=C(O)c1nn(C(=O)N2C[C@H]3CC(Oc4cccc(-c5ccccc5)c4)C[C@H]3C2)cc1Cl. The smallest absolute Gasteiger partial charge is 0.357 e. The average Bonchev–Trinajstić information content (AvgIpc) is 3.47. The van der Waals surface area contributed by atoms with Crippen LogP contribution in [0.5, 0.6) is 5.75 Å². The third-order valence-corrected chi connectivity index (χ3v) is 6.57. The minimum Gasteiger partial charge on any atom is -0.490 e. The van der Waals surface area contributed by atoms with Gasteiger partial charge in [0, 0.05) is 13.1 Å². The van der Waals surface area contributed by atoms with Gasteiger partial charge in [0.25, 0.3) is 0 Å². The van der Waals surface area contributed by atoms with Crippen molar-refractivity contribution in [3.05, 3.63) is 71.5 Å². The first kappa shape index (κ1) is 20.6. The number of carboxylic acid groups (broad SMARTS) is 1. The van der Waals surface area contributed by atoms with E-state index >= 15 is 0 Å². The summed E-state index contributed by atoms with van der Waals surface area (Å²) in [6.45, 7) is 1.21. The van der Waals surface area contributed by atoms with Gasteiger partial charge in [-0.2, -0.15) is 9.78 Å². The van der Waals surface area contributed by atoms with Gasteiger partial charge in [0.15, 0.2) is 5.69 Å². The van der Waals surface area contributed by atoms with Crippen LogP contribution >= 0.6 is 11.6 Å². The van der Waals surface area contributed by atoms with E-state index in [-0.39, 0.29) is 22.9 Å². The topological polar surface area (TPSA) is 84.7 Å². The van der Waals surface area contributed by atoms with Crippen LogP contribution in [-0.4, -0.2) is 51.0 Å². The fourth-order valence-electron chi connectivity index (χ4n) is 4.81. The fourth-order valence-corrected chi connectivity index (χ4v) is 5.02. The van der Waals surface area contributed by atoms with Crippen molar-refractivity contribution in [2.24, 2.45) is 11.8 Å². The van der Waals surface area contributed by atoms with Crippen molar-refractivity contribution in [2.45, 2.75) is 18.9 Å². The van der Waals surface area contributed by atoms with Crippen LogP contribution in [0.4, 0.5) is 4.79 Å². The van der Waals surface area contributed by atoms with Crippen LogP contribution in [0.3, 0.4) is 0 Å². The minimum absolute atomic E-state index is 0.0450. The molecule has 1 saturated carbocycles. The number of nitrogens with zero attached hydrogens (tertiary/aromatic N) is 3. The Bertz CT molecular complexity index is 1150. The molecule has 0 spiro atoms. The fraction of sp³-hybridized carbons (Fsp3) is 0.292. The number of rotatable bonds is 4. The predicted octanol–water partition coefficient (Wildman–Crippen LogP) is 4.66. The molecule has 1 aromatic heterocycles. The number of ether oxygens (including phenoxy) is 1. The largest absolute Gasteiger partial charge is 0.490 e. The number of carbonyl (C=O) groups excluding carboxylic acids is 1. The number of aromatic nitrogens is 2. The van der Waals surface area contributed by atoms with Gasteiger partial charge in [0.05, 0.1) is 17.3 Å². The Balaban J connectivity index is 1.21. The monoisotopic (exact) mass is 451 g/mol. The summed E-state index contributed by atoms with van der Waals surface area (Å²) in [5, 5.41) is 12.9. The van der Waals surface area contributed by atoms with Crippen LogP contribution in [0.2, 0.25) is 5.02 Å². The van der Waals surface area contributed by atoms with Gasteiger partial charge < -0.3 is 14.7 Å². The summed E-state index contributed by atoms with van der Waals surface area (Å²) in [7, 11) is 0. The molecule has 2 heterocycles. The molecule has 1 saturated heterocycles. The van der Waals surface area contributed by atoms with Crippen LogP contribution in [0.1, 0.15) is 23.3 Å². The molecule has 0 radical (unpaired) electrons. The third kappa shape index (κ3) is 3.96. The Morgan fingerprint density at radius 1 is 1.00 bits per heavy atom. The Morgan fingerprint density at radius 3 is 2.34 bits per heavy atom. The molecule has 1 aliphatic carbocycles. The number of likely N-dealkylation sites (tertiary alicyclic amines) is 1. The average molecular weight is 452 g/mol. The second-order valence-electron chi connectivity index (χ2n) is 8.39. The number of fused-ring (bicyclic) bond motifs is 1. The lowest BCUT2D eigenvalue weighted by molar-refractivity contribution is 0.0690. The molecule has 7 nitrogen and oxygen atoms in total. The van der Waals surface area contributed by atoms with Gasteiger partial charge in [-0.1, -0.05) is 54.1 Å². The zero-order chi connectivity index (χ0) is 22.2. The van der Waals surface area contributed by atoms with Crippen molar-refractivity contribution in [1.82, 2.24) is 14.7 Å². The van der Waals surface area contributed by atoms with Gasteiger partial charge in [0.1, 0.15) is 5.75 Å². The number of hydrogen-bond acceptors (Lipinski definition) is 4. The van der Waals surface area contributed by atoms with E-state index in [0.29, 0.717) is 24.9 Å². The second kappa shape index (κ2) is 8.31. The molecular weight excluding hydrogens is 430 g/mol. The first-order valence-electron chi connectivity index (χ1n) is 10.6. The van der Waals surface area contributed by atoms with Gasteiger partial charge in [-0.25, -0.2) is 9.59 Å². The standard InChI is InChI=1S/C24H22ClN3O4/c25-21-14-28(26-22(21)23(29)30)24(31)27-12-17-10-20(11-18(17)13-27)32-19-8-4-7-16(9-19)15-5-2-1-3-6-15/h1-9,14,17-18,20H,10-13H2,(H,29,30)/t17-,18+,20?. The molecule has 164 valence electrons. The summed E-state index contributed by atoms with van der Waals surface area (Å²) < 4.78 is 7.32. The lowest BCUT2D eigenvalue weighted by Gasteiger charge is -2.20. The van der Waals surface area contributed by atoms with E-state index in [9.17, 15) is 9.59 Å². The molecule has 2 fully saturated rings. The van der Waals surface area contributed by atoms with Crippen LogP contribution in [0.15, 0.2) is 60.8 Å². The highest BCUT2D eigenvalue weighted by Crippen LogP contribution is 2.40. The lowest BCUT2D eigenvalue weighted by atomic mass is 10.0. The molecule has 1 N–H and O–H groups in total. The number of benzene rings is 2. The Kier molecular flexibility index (Phi) is 5.35. The van der Waals surface area contributed by atoms with E-state index in [1.165, 1.54) is 6.20 Å². The van der Waals surface area contributed by atoms with E-state index in [1.807, 2.05) is 30.3 Å². The molecule has 32 heavy (non-hydrogen) atoms. The summed E-state index contributed by atoms with van der Waals surface area (Å²) in [5.74, 6) is 0.310. The van der Waals surface area contributed by atoms with Gasteiger partial charge in [-0.15, -0.1) is 0 Å². The zero-order valence-corrected chi connectivity index (χ0v) is 18.0. The number of carboxylic acids is 1. The zero-order valence-electron chi connectivity index (χ0n) is 17.2. The van der Waals surface area contributed by atoms with E-state index < -0.39 is 5.97 Å². The first-order valence-corrected chi connectivity index (χ1v) is 11.0. The molecule has 3 atom stereocenters. The van der Waals surface area contributed by atoms with Crippen molar-refractivity contribution in [1.29, 1.82) is 0 Å². The maximum absolute atomic E-state index is 12.8. The van der Waals surface area contributed by atoms with Crippen LogP contribution in [0, 0.1) is 11.8 Å². The van der Waals surface area contributed by atoms with Crippen molar-refractivity contribution in [2.75, 3.05) is 13.1 Å². The maximum atomic E-state index is 12.8. The van der Waals surface area contributed by atoms with Crippen molar-refractivity contribution < 1.29 is 19.4 Å². The van der Waals surface area contributed by atoms with Crippen molar-refractivity contribution in [3.63, 3.8) is 0 Å². The molecule has 2 aliphatic rings. The highest BCUT2D eigenvalue weighted by atomic mass is 35.5. The number of hydrogen-bond donors (Lipinski definition) is 1. The van der Waals surface area contributed by atoms with Gasteiger partial charge >= 0.3 is 12.0 Å². The van der Waals surface area contributed by atoms with Crippen LogP contribution in [0.25, 0.3) is 11.1 Å². The summed E-state index contributed by atoms with van der Waals surface area (Å²) >= 11 is 5.88. The molecular formula is C24H22ClN3O4. The van der Waals surface area contributed by atoms with E-state index in [4.69, 9.17) is 21.4 Å². The normalized spacial score (nSPS) is 22.0. The Labute approximate surface area is 190 Å². The molecule has 8 heteroatoms. The molecule has 3 aromatic rings. The third-order valence-electron chi connectivity index (χ3n) is 6.29. The van der Waals surface area contributed by atoms with Crippen LogP contribution < -0.4 is 4.74 Å². The van der Waals surface area contributed by atoms with Crippen molar-refractivity contribution >= 4 is 23.6 Å². The predicted molar refractivity (Wildman–Crippen MR) is 119 cm³/mol. The highest BCUT2D eigenvalue weighted by molar-refractivity contribution is 6.33. The Morgan fingerprint density at radius 2 is 1.69 bits per heavy atom. The quantitative estimate of drug-likeness (QED) is 0.623. The highest BCUT2D eigenvalue weighted by Gasteiger charge is 2.43. The van der Waals surface area contributed by atoms with Gasteiger partial charge in [-0.05, 0) is 47.9 Å². The number of amides is 1. The molecule has 1 unspecified atom stereocenters. The van der Waals surface area contributed by atoms with Crippen molar-refractivity contribution in [3.8, 4) is 16.9 Å². The summed E-state index contributed by atoms with van der Waals surface area (Å²) in [5.41, 5.74) is 1.96. The van der Waals surface area contributed by atoms with E-state index in [2.05, 4.69) is 29.4 Å². The van der Waals surface area contributed by atoms with Crippen LogP contribution in [-0.2, 0) is 0 Å². The van der Waals surface area contributed by atoms with E-state index in [0.717, 1.165) is 34.4 Å². The first-order chi connectivity index (χ1) is 15.5. The maximum Gasteiger partial charge on any atom is 0.357 e. The molecule has 1 aliphatic heterocycles. The number of halogens is 1. The van der Waals surface area contributed by atoms with Gasteiger partial charge in [0.2, 0.25) is 0 Å². The molecule has 0 bridgehead atoms. The second-order valence-corrected chi connectivity index (χ2v) is 8.80. The minimum atomic E-state index is -1.25. The molecule has 1 amide bonds. The van der Waals surface area contributed by atoms with Gasteiger partial charge in [-0.3, -0.25) is 0 Å². The van der Waals surface area contributed by atoms with E-state index in [1.54, 1.807) is 4.90 Å². The lowest BCUT2D eigenvalue weighted by Crippen LogP contribution is -2.34. The molecule has 2 aromatic carbocycles. The number of carbonyl (C=O) groups is 2. The summed E-state index contributed by atoms with van der Waals surface area (Å²) in [4.78, 5) is 25.6.